The first-order chi connectivity index (χ1) is 5.74. The predicted octanol–water partition coefficient (Wildman–Crippen LogP) is 1.87. The van der Waals surface area contributed by atoms with Crippen molar-refractivity contribution in [3.63, 3.8) is 0 Å². The van der Waals surface area contributed by atoms with Crippen molar-refractivity contribution in [2.75, 3.05) is 13.7 Å². The standard InChI is InChI=1S/C10H12O2/c1-5-7-12-9(3)8-10(6-2)11-4/h1,6,8H,2-3,7H2,4H3/b10-8+. The molecule has 0 heterocycles. The summed E-state index contributed by atoms with van der Waals surface area (Å²) in [6.07, 6.45) is 8.16. The fraction of sp³-hybridized carbons (Fsp3) is 0.200. The molecule has 0 spiro atoms. The predicted molar refractivity (Wildman–Crippen MR) is 49.2 cm³/mol. The fourth-order valence-electron chi connectivity index (χ4n) is 0.536. The van der Waals surface area contributed by atoms with Crippen LogP contribution in [0.25, 0.3) is 0 Å². The molecule has 0 radical (unpaired) electrons. The molecule has 0 N–H and O–H groups in total. The molecule has 0 aliphatic rings. The quantitative estimate of drug-likeness (QED) is 0.351. The van der Waals surface area contributed by atoms with Crippen LogP contribution in [0.1, 0.15) is 0 Å². The minimum absolute atomic E-state index is 0.212. The Morgan fingerprint density at radius 1 is 1.67 bits per heavy atom. The first-order valence-corrected chi connectivity index (χ1v) is 3.38. The molecule has 64 valence electrons. The van der Waals surface area contributed by atoms with Crippen LogP contribution in [0.4, 0.5) is 0 Å². The van der Waals surface area contributed by atoms with Gasteiger partial charge in [0.05, 0.1) is 7.11 Å². The second kappa shape index (κ2) is 6.11. The highest BCUT2D eigenvalue weighted by Gasteiger charge is 1.91. The van der Waals surface area contributed by atoms with Gasteiger partial charge in [-0.2, -0.15) is 0 Å². The van der Waals surface area contributed by atoms with Gasteiger partial charge in [0.1, 0.15) is 18.1 Å². The van der Waals surface area contributed by atoms with Gasteiger partial charge >= 0.3 is 0 Å². The molecule has 0 aromatic carbocycles. The molecule has 0 bridgehead atoms. The summed E-state index contributed by atoms with van der Waals surface area (Å²) < 4.78 is 9.89. The number of allylic oxidation sites excluding steroid dienone is 2. The van der Waals surface area contributed by atoms with E-state index in [4.69, 9.17) is 15.9 Å². The minimum atomic E-state index is 0.212. The van der Waals surface area contributed by atoms with E-state index in [0.29, 0.717) is 11.5 Å². The molecule has 12 heavy (non-hydrogen) atoms. The van der Waals surface area contributed by atoms with Crippen LogP contribution in [0, 0.1) is 12.3 Å². The molecule has 0 aliphatic carbocycles. The molecule has 0 amide bonds. The largest absolute Gasteiger partial charge is 0.497 e. The van der Waals surface area contributed by atoms with Crippen molar-refractivity contribution < 1.29 is 9.47 Å². The molecule has 2 heteroatoms. The Labute approximate surface area is 73.2 Å². The molecule has 0 saturated carbocycles. The molecular weight excluding hydrogens is 152 g/mol. The maximum Gasteiger partial charge on any atom is 0.148 e. The Morgan fingerprint density at radius 2 is 2.33 bits per heavy atom. The molecule has 0 fully saturated rings. The molecule has 0 unspecified atom stereocenters. The molecule has 0 atom stereocenters. The molecule has 0 saturated heterocycles. The lowest BCUT2D eigenvalue weighted by Gasteiger charge is -2.02. The van der Waals surface area contributed by atoms with Crippen molar-refractivity contribution in [2.45, 2.75) is 0 Å². The van der Waals surface area contributed by atoms with Crippen molar-refractivity contribution in [2.24, 2.45) is 0 Å². The van der Waals surface area contributed by atoms with E-state index in [2.05, 4.69) is 19.1 Å². The van der Waals surface area contributed by atoms with Gasteiger partial charge in [-0.1, -0.05) is 19.1 Å². The summed E-state index contributed by atoms with van der Waals surface area (Å²) in [4.78, 5) is 0. The summed E-state index contributed by atoms with van der Waals surface area (Å²) in [5.74, 6) is 3.39. The van der Waals surface area contributed by atoms with E-state index in [0.717, 1.165) is 0 Å². The lowest BCUT2D eigenvalue weighted by atomic mass is 10.4. The van der Waals surface area contributed by atoms with Crippen molar-refractivity contribution in [3.05, 3.63) is 36.8 Å². The van der Waals surface area contributed by atoms with E-state index in [1.165, 1.54) is 0 Å². The van der Waals surface area contributed by atoms with Crippen LogP contribution >= 0.6 is 0 Å². The molecular formula is C10H12O2. The summed E-state index contributed by atoms with van der Waals surface area (Å²) in [5.41, 5.74) is 0. The Hall–Kier alpha value is -1.62. The van der Waals surface area contributed by atoms with Crippen molar-refractivity contribution in [3.8, 4) is 12.3 Å². The third-order valence-electron chi connectivity index (χ3n) is 1.08. The maximum absolute atomic E-state index is 4.99. The average molecular weight is 164 g/mol. The number of methoxy groups -OCH3 is 1. The first-order valence-electron chi connectivity index (χ1n) is 3.38. The number of hydrogen-bond donors (Lipinski definition) is 0. The van der Waals surface area contributed by atoms with Crippen LogP contribution in [0.5, 0.6) is 0 Å². The number of hydrogen-bond acceptors (Lipinski definition) is 2. The zero-order chi connectivity index (χ0) is 9.40. The molecule has 0 aromatic heterocycles. The normalized spacial score (nSPS) is 9.83. The van der Waals surface area contributed by atoms with Gasteiger partial charge in [0, 0.05) is 6.08 Å². The van der Waals surface area contributed by atoms with E-state index in [-0.39, 0.29) is 6.61 Å². The van der Waals surface area contributed by atoms with Crippen LogP contribution in [0.2, 0.25) is 0 Å². The highest BCUT2D eigenvalue weighted by atomic mass is 16.5. The molecule has 0 aromatic rings. The summed E-state index contributed by atoms with van der Waals surface area (Å²) in [7, 11) is 1.54. The first kappa shape index (κ1) is 10.4. The average Bonchev–Trinajstić information content (AvgIpc) is 2.10. The number of rotatable bonds is 5. The second-order valence-corrected chi connectivity index (χ2v) is 1.91. The van der Waals surface area contributed by atoms with Crippen LogP contribution in [-0.2, 0) is 9.47 Å². The van der Waals surface area contributed by atoms with E-state index >= 15 is 0 Å². The van der Waals surface area contributed by atoms with Crippen molar-refractivity contribution in [1.29, 1.82) is 0 Å². The third-order valence-corrected chi connectivity index (χ3v) is 1.08. The van der Waals surface area contributed by atoms with Gasteiger partial charge < -0.3 is 9.47 Å². The number of terminal acetylenes is 1. The zero-order valence-electron chi connectivity index (χ0n) is 7.17. The Morgan fingerprint density at radius 3 is 2.75 bits per heavy atom. The molecule has 0 aliphatic heterocycles. The van der Waals surface area contributed by atoms with Gasteiger partial charge in [0.15, 0.2) is 0 Å². The van der Waals surface area contributed by atoms with Gasteiger partial charge in [0.25, 0.3) is 0 Å². The van der Waals surface area contributed by atoms with E-state index in [1.807, 2.05) is 0 Å². The van der Waals surface area contributed by atoms with Gasteiger partial charge in [-0.15, -0.1) is 6.42 Å². The van der Waals surface area contributed by atoms with E-state index in [9.17, 15) is 0 Å². The summed E-state index contributed by atoms with van der Waals surface area (Å²) >= 11 is 0. The fourth-order valence-corrected chi connectivity index (χ4v) is 0.536. The zero-order valence-corrected chi connectivity index (χ0v) is 7.17. The second-order valence-electron chi connectivity index (χ2n) is 1.91. The lowest BCUT2D eigenvalue weighted by Crippen LogP contribution is -1.90. The smallest absolute Gasteiger partial charge is 0.148 e. The summed E-state index contributed by atoms with van der Waals surface area (Å²) in [6, 6.07) is 0. The topological polar surface area (TPSA) is 18.5 Å². The maximum atomic E-state index is 4.99. The van der Waals surface area contributed by atoms with Crippen molar-refractivity contribution in [1.82, 2.24) is 0 Å². The van der Waals surface area contributed by atoms with Crippen LogP contribution in [-0.4, -0.2) is 13.7 Å². The monoisotopic (exact) mass is 164 g/mol. The Kier molecular flexibility index (Phi) is 5.29. The summed E-state index contributed by atoms with van der Waals surface area (Å²) in [6.45, 7) is 7.35. The summed E-state index contributed by atoms with van der Waals surface area (Å²) in [5, 5.41) is 0. The number of ether oxygens (including phenoxy) is 2. The van der Waals surface area contributed by atoms with Gasteiger partial charge in [-0.05, 0) is 6.08 Å². The molecule has 0 rings (SSSR count). The van der Waals surface area contributed by atoms with Gasteiger partial charge in [-0.3, -0.25) is 0 Å². The minimum Gasteiger partial charge on any atom is -0.497 e. The van der Waals surface area contributed by atoms with Crippen LogP contribution in [0.15, 0.2) is 36.8 Å². The third kappa shape index (κ3) is 4.24. The van der Waals surface area contributed by atoms with Crippen LogP contribution in [0.3, 0.4) is 0 Å². The van der Waals surface area contributed by atoms with Gasteiger partial charge in [-0.25, -0.2) is 0 Å². The van der Waals surface area contributed by atoms with Gasteiger partial charge in [0.2, 0.25) is 0 Å². The highest BCUT2D eigenvalue weighted by molar-refractivity contribution is 5.19. The highest BCUT2D eigenvalue weighted by Crippen LogP contribution is 2.03. The van der Waals surface area contributed by atoms with E-state index < -0.39 is 0 Å². The Bertz CT molecular complexity index is 231. The Balaban J connectivity index is 4.04. The van der Waals surface area contributed by atoms with E-state index in [1.54, 1.807) is 19.3 Å². The lowest BCUT2D eigenvalue weighted by molar-refractivity contribution is 0.260. The van der Waals surface area contributed by atoms with Crippen LogP contribution < -0.4 is 0 Å². The SMILES string of the molecule is C#CCOC(=C)/C=C(\C=C)OC. The van der Waals surface area contributed by atoms with Crippen molar-refractivity contribution >= 4 is 0 Å². The molecule has 2 nitrogen and oxygen atoms in total.